The largest absolute Gasteiger partial charge is 0.383 e. The van der Waals surface area contributed by atoms with Gasteiger partial charge in [-0.2, -0.15) is 0 Å². The van der Waals surface area contributed by atoms with Gasteiger partial charge in [-0.1, -0.05) is 11.8 Å². The Bertz CT molecular complexity index is 633. The second-order valence-electron chi connectivity index (χ2n) is 4.87. The van der Waals surface area contributed by atoms with Crippen LogP contribution in [0.5, 0.6) is 0 Å². The van der Waals surface area contributed by atoms with Crippen LogP contribution in [0.1, 0.15) is 21.7 Å². The van der Waals surface area contributed by atoms with Gasteiger partial charge in [0.2, 0.25) is 0 Å². The molecule has 0 aliphatic rings. The van der Waals surface area contributed by atoms with Crippen molar-refractivity contribution in [2.24, 2.45) is 7.05 Å². The predicted octanol–water partition coefficient (Wildman–Crippen LogP) is 1.85. The topological polar surface area (TPSA) is 61.9 Å². The zero-order chi connectivity index (χ0) is 15.4. The Kier molecular flexibility index (Phi) is 5.19. The number of nitrogens with zero attached hydrogens (tertiary/aromatic N) is 4. The minimum Gasteiger partial charge on any atom is -0.383 e. The average molecular weight is 308 g/mol. The van der Waals surface area contributed by atoms with Crippen molar-refractivity contribution in [2.75, 3.05) is 19.5 Å². The third-order valence-corrected chi connectivity index (χ3v) is 4.43. The van der Waals surface area contributed by atoms with Gasteiger partial charge in [0, 0.05) is 37.7 Å². The number of carbonyl (C=O) groups excluding carboxylic acids is 1. The molecule has 0 saturated heterocycles. The van der Waals surface area contributed by atoms with E-state index in [-0.39, 0.29) is 5.78 Å². The first-order valence-electron chi connectivity index (χ1n) is 6.70. The Labute approximate surface area is 128 Å². The number of hydrogen-bond donors (Lipinski definition) is 0. The Morgan fingerprint density at radius 2 is 2.19 bits per heavy atom. The number of aromatic nitrogens is 4. The third-order valence-electron chi connectivity index (χ3n) is 3.40. The van der Waals surface area contributed by atoms with Crippen LogP contribution in [-0.2, 0) is 18.3 Å². The van der Waals surface area contributed by atoms with Crippen molar-refractivity contribution < 1.29 is 9.53 Å². The molecule has 2 aromatic heterocycles. The molecule has 0 N–H and O–H groups in total. The van der Waals surface area contributed by atoms with Gasteiger partial charge in [-0.25, -0.2) is 0 Å². The highest BCUT2D eigenvalue weighted by molar-refractivity contribution is 7.99. The molecule has 21 heavy (non-hydrogen) atoms. The van der Waals surface area contributed by atoms with Crippen LogP contribution in [0.4, 0.5) is 0 Å². The smallest absolute Gasteiger partial charge is 0.191 e. The van der Waals surface area contributed by atoms with Crippen LogP contribution in [0.2, 0.25) is 0 Å². The van der Waals surface area contributed by atoms with Gasteiger partial charge >= 0.3 is 0 Å². The molecule has 0 aliphatic carbocycles. The van der Waals surface area contributed by atoms with Crippen LogP contribution in [0.25, 0.3) is 0 Å². The normalized spacial score (nSPS) is 11.0. The molecule has 0 amide bonds. The molecule has 114 valence electrons. The number of Topliss-reactive ketones (excluding diaryl/α,β-unsaturated/α-hetero) is 1. The van der Waals surface area contributed by atoms with Crippen LogP contribution >= 0.6 is 11.8 Å². The molecule has 0 radical (unpaired) electrons. The molecule has 0 aliphatic heterocycles. The van der Waals surface area contributed by atoms with Crippen LogP contribution in [0.15, 0.2) is 17.6 Å². The molecule has 2 rings (SSSR count). The first kappa shape index (κ1) is 15.8. The summed E-state index contributed by atoms with van der Waals surface area (Å²) in [5, 5.41) is 8.52. The van der Waals surface area contributed by atoms with Gasteiger partial charge in [0.05, 0.1) is 12.4 Å². The number of carbonyl (C=O) groups is 1. The van der Waals surface area contributed by atoms with Gasteiger partial charge in [-0.15, -0.1) is 10.2 Å². The second-order valence-corrected chi connectivity index (χ2v) is 5.81. The summed E-state index contributed by atoms with van der Waals surface area (Å²) in [5.41, 5.74) is 2.85. The number of ketones is 1. The fraction of sp³-hybridized carbons (Fsp3) is 0.500. The summed E-state index contributed by atoms with van der Waals surface area (Å²) in [7, 11) is 3.54. The minimum atomic E-state index is 0.111. The molecule has 0 fully saturated rings. The number of hydrogen-bond acceptors (Lipinski definition) is 5. The predicted molar refractivity (Wildman–Crippen MR) is 81.8 cm³/mol. The minimum absolute atomic E-state index is 0.111. The van der Waals surface area contributed by atoms with E-state index < -0.39 is 0 Å². The molecule has 2 aromatic rings. The Morgan fingerprint density at radius 3 is 2.81 bits per heavy atom. The molecule has 0 bridgehead atoms. The Balaban J connectivity index is 2.07. The van der Waals surface area contributed by atoms with E-state index in [2.05, 4.69) is 14.8 Å². The van der Waals surface area contributed by atoms with E-state index in [1.54, 1.807) is 18.0 Å². The zero-order valence-corrected chi connectivity index (χ0v) is 13.6. The van der Waals surface area contributed by atoms with E-state index in [0.29, 0.717) is 12.4 Å². The van der Waals surface area contributed by atoms with E-state index in [1.165, 1.54) is 11.8 Å². The molecular formula is C14H20N4O2S. The van der Waals surface area contributed by atoms with Crippen LogP contribution in [-0.4, -0.2) is 44.6 Å². The molecular weight excluding hydrogens is 288 g/mol. The van der Waals surface area contributed by atoms with Gasteiger partial charge in [-0.05, 0) is 19.9 Å². The highest BCUT2D eigenvalue weighted by Gasteiger charge is 2.16. The standard InChI is InChI=1S/C14H20N4O2S/c1-10-7-12(11(2)18(10)5-6-20-4)13(19)8-21-14-16-15-9-17(14)3/h7,9H,5-6,8H2,1-4H3. The van der Waals surface area contributed by atoms with Crippen molar-refractivity contribution >= 4 is 17.5 Å². The number of ether oxygens (including phenoxy) is 1. The van der Waals surface area contributed by atoms with E-state index >= 15 is 0 Å². The number of thioether (sulfide) groups is 1. The molecule has 0 saturated carbocycles. The highest BCUT2D eigenvalue weighted by atomic mass is 32.2. The van der Waals surface area contributed by atoms with Gasteiger partial charge < -0.3 is 13.9 Å². The Hall–Kier alpha value is -1.60. The molecule has 0 spiro atoms. The van der Waals surface area contributed by atoms with E-state index in [4.69, 9.17) is 4.74 Å². The van der Waals surface area contributed by atoms with Gasteiger partial charge in [0.15, 0.2) is 10.9 Å². The van der Waals surface area contributed by atoms with Crippen molar-refractivity contribution in [1.29, 1.82) is 0 Å². The van der Waals surface area contributed by atoms with Crippen molar-refractivity contribution in [3.63, 3.8) is 0 Å². The van der Waals surface area contributed by atoms with E-state index in [9.17, 15) is 4.79 Å². The van der Waals surface area contributed by atoms with Crippen LogP contribution < -0.4 is 0 Å². The summed E-state index contributed by atoms with van der Waals surface area (Å²) in [6.07, 6.45) is 1.63. The fourth-order valence-electron chi connectivity index (χ4n) is 2.22. The number of rotatable bonds is 7. The number of aryl methyl sites for hydroxylation is 2. The van der Waals surface area contributed by atoms with Gasteiger partial charge in [0.1, 0.15) is 6.33 Å². The maximum atomic E-state index is 12.4. The lowest BCUT2D eigenvalue weighted by Crippen LogP contribution is -2.10. The SMILES string of the molecule is COCCn1c(C)cc(C(=O)CSc2nncn2C)c1C. The number of methoxy groups -OCH3 is 1. The maximum Gasteiger partial charge on any atom is 0.191 e. The highest BCUT2D eigenvalue weighted by Crippen LogP contribution is 2.20. The maximum absolute atomic E-state index is 12.4. The van der Waals surface area contributed by atoms with Crippen LogP contribution in [0.3, 0.4) is 0 Å². The quantitative estimate of drug-likeness (QED) is 0.577. The molecule has 0 aromatic carbocycles. The molecule has 7 heteroatoms. The Morgan fingerprint density at radius 1 is 1.43 bits per heavy atom. The lowest BCUT2D eigenvalue weighted by Gasteiger charge is -2.08. The molecule has 6 nitrogen and oxygen atoms in total. The summed E-state index contributed by atoms with van der Waals surface area (Å²) in [5.74, 6) is 0.473. The molecule has 0 unspecified atom stereocenters. The monoisotopic (exact) mass is 308 g/mol. The summed E-state index contributed by atoms with van der Waals surface area (Å²) in [6.45, 7) is 5.38. The van der Waals surface area contributed by atoms with Gasteiger partial charge in [0.25, 0.3) is 0 Å². The zero-order valence-electron chi connectivity index (χ0n) is 12.8. The summed E-state index contributed by atoms with van der Waals surface area (Å²) >= 11 is 1.40. The summed E-state index contributed by atoms with van der Waals surface area (Å²) in [6, 6.07) is 1.95. The van der Waals surface area contributed by atoms with E-state index in [0.717, 1.165) is 28.7 Å². The third kappa shape index (κ3) is 3.54. The van der Waals surface area contributed by atoms with Crippen molar-refractivity contribution in [3.05, 3.63) is 29.3 Å². The molecule has 0 atom stereocenters. The fourth-order valence-corrected chi connectivity index (χ4v) is 2.99. The van der Waals surface area contributed by atoms with Gasteiger partial charge in [-0.3, -0.25) is 4.79 Å². The van der Waals surface area contributed by atoms with E-state index in [1.807, 2.05) is 27.0 Å². The van der Waals surface area contributed by atoms with Crippen molar-refractivity contribution in [2.45, 2.75) is 25.5 Å². The first-order chi connectivity index (χ1) is 10.0. The summed E-state index contributed by atoms with van der Waals surface area (Å²) < 4.78 is 9.03. The lowest BCUT2D eigenvalue weighted by atomic mass is 10.2. The average Bonchev–Trinajstić information content (AvgIpc) is 2.99. The second kappa shape index (κ2) is 6.91. The van der Waals surface area contributed by atoms with Crippen molar-refractivity contribution in [1.82, 2.24) is 19.3 Å². The van der Waals surface area contributed by atoms with Crippen molar-refractivity contribution in [3.8, 4) is 0 Å². The first-order valence-corrected chi connectivity index (χ1v) is 7.68. The lowest BCUT2D eigenvalue weighted by molar-refractivity contribution is 0.102. The molecule has 2 heterocycles. The summed E-state index contributed by atoms with van der Waals surface area (Å²) in [4.78, 5) is 12.4. The van der Waals surface area contributed by atoms with Crippen LogP contribution in [0, 0.1) is 13.8 Å².